The van der Waals surface area contributed by atoms with Crippen molar-refractivity contribution in [2.45, 2.75) is 81.9 Å². The number of carbonyl (C=O) groups excluding carboxylic acids is 1. The summed E-state index contributed by atoms with van der Waals surface area (Å²) in [6, 6.07) is 0. The average molecular weight is 406 g/mol. The zero-order chi connectivity index (χ0) is 19.3. The summed E-state index contributed by atoms with van der Waals surface area (Å²) in [5.41, 5.74) is 2.14. The molecule has 1 aliphatic carbocycles. The molecular weight excluding hydrogens is 374 g/mol. The third-order valence-electron chi connectivity index (χ3n) is 6.15. The smallest absolute Gasteiger partial charge is 0.348 e. The van der Waals surface area contributed by atoms with Crippen LogP contribution in [-0.4, -0.2) is 51.9 Å². The summed E-state index contributed by atoms with van der Waals surface area (Å²) in [6.07, 6.45) is 11.0. The lowest BCUT2D eigenvalue weighted by Crippen LogP contribution is -2.35. The van der Waals surface area contributed by atoms with Crippen LogP contribution in [0.5, 0.6) is 0 Å². The van der Waals surface area contributed by atoms with Crippen molar-refractivity contribution in [3.63, 3.8) is 0 Å². The van der Waals surface area contributed by atoms with Gasteiger partial charge in [-0.3, -0.25) is 9.36 Å². The van der Waals surface area contributed by atoms with Crippen molar-refractivity contribution < 1.29 is 9.53 Å². The fraction of sp³-hybridized carbons (Fsp3) is 0.762. The Hall–Kier alpha value is -1.34. The van der Waals surface area contributed by atoms with Crippen LogP contribution in [0.3, 0.4) is 0 Å². The highest BCUT2D eigenvalue weighted by Crippen LogP contribution is 2.29. The molecule has 3 aliphatic rings. The Morgan fingerprint density at radius 1 is 1.07 bits per heavy atom. The summed E-state index contributed by atoms with van der Waals surface area (Å²) < 4.78 is 7.60. The van der Waals surface area contributed by atoms with Crippen LogP contribution in [0.4, 0.5) is 0 Å². The van der Waals surface area contributed by atoms with Crippen LogP contribution < -0.4 is 5.69 Å². The SMILES string of the molecule is O=C(CSc1nc(=O)n(CC2CCCO2)c2c1CCCC2)N1CCCCCC1. The highest BCUT2D eigenvalue weighted by Gasteiger charge is 2.25. The number of hydrogen-bond donors (Lipinski definition) is 0. The molecule has 0 saturated carbocycles. The molecule has 7 heteroatoms. The van der Waals surface area contributed by atoms with E-state index in [1.165, 1.54) is 30.2 Å². The molecule has 2 fully saturated rings. The lowest BCUT2D eigenvalue weighted by molar-refractivity contribution is -0.128. The maximum Gasteiger partial charge on any atom is 0.348 e. The van der Waals surface area contributed by atoms with Gasteiger partial charge in [0.2, 0.25) is 5.91 Å². The molecule has 154 valence electrons. The molecule has 28 heavy (non-hydrogen) atoms. The monoisotopic (exact) mass is 405 g/mol. The molecular formula is C21H31N3O3S. The number of rotatable bonds is 5. The molecule has 4 rings (SSSR count). The normalized spacial score (nSPS) is 22.7. The minimum Gasteiger partial charge on any atom is -0.376 e. The highest BCUT2D eigenvalue weighted by atomic mass is 32.2. The predicted octanol–water partition coefficient (Wildman–Crippen LogP) is 2.80. The van der Waals surface area contributed by atoms with E-state index in [0.29, 0.717) is 12.3 Å². The molecule has 0 radical (unpaired) electrons. The maximum absolute atomic E-state index is 12.8. The van der Waals surface area contributed by atoms with E-state index >= 15 is 0 Å². The first-order valence-electron chi connectivity index (χ1n) is 10.9. The van der Waals surface area contributed by atoms with Crippen molar-refractivity contribution in [1.29, 1.82) is 0 Å². The van der Waals surface area contributed by atoms with E-state index in [4.69, 9.17) is 4.74 Å². The topological polar surface area (TPSA) is 64.4 Å². The molecule has 1 atom stereocenters. The van der Waals surface area contributed by atoms with Gasteiger partial charge in [-0.2, -0.15) is 4.98 Å². The second-order valence-corrected chi connectivity index (χ2v) is 9.13. The van der Waals surface area contributed by atoms with Gasteiger partial charge in [-0.05, 0) is 51.4 Å². The van der Waals surface area contributed by atoms with Gasteiger partial charge < -0.3 is 9.64 Å². The van der Waals surface area contributed by atoms with Crippen LogP contribution in [0.2, 0.25) is 0 Å². The van der Waals surface area contributed by atoms with Crippen molar-refractivity contribution >= 4 is 17.7 Å². The number of carbonyl (C=O) groups is 1. The number of amides is 1. The van der Waals surface area contributed by atoms with Crippen molar-refractivity contribution in [1.82, 2.24) is 14.5 Å². The van der Waals surface area contributed by atoms with E-state index in [1.807, 2.05) is 9.47 Å². The van der Waals surface area contributed by atoms with Gasteiger partial charge in [0.1, 0.15) is 5.03 Å². The fourth-order valence-electron chi connectivity index (χ4n) is 4.59. The summed E-state index contributed by atoms with van der Waals surface area (Å²) >= 11 is 1.46. The Labute approximate surface area is 171 Å². The summed E-state index contributed by atoms with van der Waals surface area (Å²) in [5, 5.41) is 0.784. The Kier molecular flexibility index (Phi) is 6.73. The molecule has 2 saturated heterocycles. The Bertz CT molecular complexity index is 750. The predicted molar refractivity (Wildman–Crippen MR) is 110 cm³/mol. The molecule has 1 unspecified atom stereocenters. The molecule has 0 aromatic carbocycles. The van der Waals surface area contributed by atoms with E-state index in [1.54, 1.807) is 0 Å². The van der Waals surface area contributed by atoms with Crippen molar-refractivity contribution in [2.75, 3.05) is 25.4 Å². The van der Waals surface area contributed by atoms with Gasteiger partial charge in [-0.25, -0.2) is 4.79 Å². The zero-order valence-corrected chi connectivity index (χ0v) is 17.5. The molecule has 3 heterocycles. The Morgan fingerprint density at radius 2 is 1.86 bits per heavy atom. The number of hydrogen-bond acceptors (Lipinski definition) is 5. The standard InChI is InChI=1S/C21H31N3O3S/c25-19(23-11-5-1-2-6-12-23)15-28-20-17-9-3-4-10-18(17)24(21(26)22-20)14-16-8-7-13-27-16/h16H,1-15H2. The minimum absolute atomic E-state index is 0.133. The van der Waals surface area contributed by atoms with Gasteiger partial charge in [0.05, 0.1) is 18.4 Å². The van der Waals surface area contributed by atoms with Gasteiger partial charge in [0, 0.05) is 31.0 Å². The zero-order valence-electron chi connectivity index (χ0n) is 16.7. The molecule has 0 N–H and O–H groups in total. The molecule has 2 aliphatic heterocycles. The molecule has 1 aromatic rings. The summed E-state index contributed by atoms with van der Waals surface area (Å²) in [7, 11) is 0. The van der Waals surface area contributed by atoms with Crippen molar-refractivity contribution in [3.8, 4) is 0 Å². The lowest BCUT2D eigenvalue weighted by Gasteiger charge is -2.24. The van der Waals surface area contributed by atoms with Crippen LogP contribution >= 0.6 is 11.8 Å². The quantitative estimate of drug-likeness (QED) is 0.557. The third-order valence-corrected chi connectivity index (χ3v) is 7.15. The first-order chi connectivity index (χ1) is 13.7. The van der Waals surface area contributed by atoms with Crippen LogP contribution in [0.15, 0.2) is 9.82 Å². The van der Waals surface area contributed by atoms with Gasteiger partial charge in [0.15, 0.2) is 0 Å². The van der Waals surface area contributed by atoms with Crippen LogP contribution in [0.25, 0.3) is 0 Å². The van der Waals surface area contributed by atoms with Crippen molar-refractivity contribution in [2.24, 2.45) is 0 Å². The lowest BCUT2D eigenvalue weighted by atomic mass is 9.97. The Morgan fingerprint density at radius 3 is 2.61 bits per heavy atom. The average Bonchev–Trinajstić information content (AvgIpc) is 3.07. The Balaban J connectivity index is 1.50. The van der Waals surface area contributed by atoms with Crippen LogP contribution in [0, 0.1) is 0 Å². The maximum atomic E-state index is 12.8. The van der Waals surface area contributed by atoms with Gasteiger partial charge in [-0.15, -0.1) is 0 Å². The number of ether oxygens (including phenoxy) is 1. The van der Waals surface area contributed by atoms with E-state index in [-0.39, 0.29) is 17.7 Å². The number of nitrogens with zero attached hydrogens (tertiary/aromatic N) is 3. The summed E-state index contributed by atoms with van der Waals surface area (Å²) in [4.78, 5) is 31.8. The van der Waals surface area contributed by atoms with E-state index in [2.05, 4.69) is 4.98 Å². The van der Waals surface area contributed by atoms with Crippen LogP contribution in [0.1, 0.15) is 62.6 Å². The largest absolute Gasteiger partial charge is 0.376 e. The number of likely N-dealkylation sites (tertiary alicyclic amines) is 1. The number of aromatic nitrogens is 2. The molecule has 0 bridgehead atoms. The fourth-order valence-corrected chi connectivity index (χ4v) is 5.57. The van der Waals surface area contributed by atoms with E-state index in [9.17, 15) is 9.59 Å². The molecule has 0 spiro atoms. The molecule has 1 amide bonds. The van der Waals surface area contributed by atoms with Gasteiger partial charge in [0.25, 0.3) is 0 Å². The first-order valence-corrected chi connectivity index (χ1v) is 11.9. The van der Waals surface area contributed by atoms with Gasteiger partial charge in [-0.1, -0.05) is 24.6 Å². The third kappa shape index (κ3) is 4.62. The highest BCUT2D eigenvalue weighted by molar-refractivity contribution is 7.99. The van der Waals surface area contributed by atoms with Crippen molar-refractivity contribution in [3.05, 3.63) is 21.7 Å². The molecule has 6 nitrogen and oxygen atoms in total. The summed E-state index contributed by atoms with van der Waals surface area (Å²) in [6.45, 7) is 3.15. The van der Waals surface area contributed by atoms with E-state index in [0.717, 1.165) is 81.8 Å². The number of thioether (sulfide) groups is 1. The first kappa shape index (κ1) is 20.0. The van der Waals surface area contributed by atoms with E-state index < -0.39 is 0 Å². The van der Waals surface area contributed by atoms with Gasteiger partial charge >= 0.3 is 5.69 Å². The second kappa shape index (κ2) is 9.44. The summed E-state index contributed by atoms with van der Waals surface area (Å²) in [5.74, 6) is 0.566. The second-order valence-electron chi connectivity index (χ2n) is 8.16. The van der Waals surface area contributed by atoms with Crippen LogP contribution in [-0.2, 0) is 28.9 Å². The molecule has 1 aromatic heterocycles. The number of fused-ring (bicyclic) bond motifs is 1. The minimum atomic E-state index is -0.180.